The van der Waals surface area contributed by atoms with Gasteiger partial charge in [-0.15, -0.1) is 0 Å². The van der Waals surface area contributed by atoms with Crippen molar-refractivity contribution < 1.29 is 4.74 Å². The van der Waals surface area contributed by atoms with Gasteiger partial charge < -0.3 is 15.4 Å². The molecule has 0 aliphatic heterocycles. The second-order valence-corrected chi connectivity index (χ2v) is 3.89. The fourth-order valence-electron chi connectivity index (χ4n) is 1.86. The van der Waals surface area contributed by atoms with Crippen molar-refractivity contribution in [2.75, 3.05) is 25.1 Å². The van der Waals surface area contributed by atoms with Gasteiger partial charge in [0.2, 0.25) is 0 Å². The minimum Gasteiger partial charge on any atom is -0.496 e. The molecule has 1 atom stereocenters. The first-order valence-corrected chi connectivity index (χ1v) is 5.82. The fraction of sp³-hybridized carbons (Fsp3) is 0.538. The summed E-state index contributed by atoms with van der Waals surface area (Å²) in [5.41, 5.74) is 8.13. The molecular formula is C13H22N2O. The topological polar surface area (TPSA) is 38.5 Å². The van der Waals surface area contributed by atoms with Gasteiger partial charge in [-0.2, -0.15) is 0 Å². The predicted molar refractivity (Wildman–Crippen MR) is 69.2 cm³/mol. The summed E-state index contributed by atoms with van der Waals surface area (Å²) in [5, 5.41) is 0. The minimum atomic E-state index is 0.000651. The van der Waals surface area contributed by atoms with Gasteiger partial charge in [-0.25, -0.2) is 0 Å². The molecule has 3 heteroatoms. The molecule has 3 nitrogen and oxygen atoms in total. The first-order chi connectivity index (χ1) is 7.63. The van der Waals surface area contributed by atoms with Gasteiger partial charge in [-0.1, -0.05) is 6.07 Å². The third-order valence-corrected chi connectivity index (χ3v) is 2.84. The Balaban J connectivity index is 3.08. The zero-order valence-electron chi connectivity index (χ0n) is 10.7. The van der Waals surface area contributed by atoms with E-state index in [1.165, 1.54) is 5.69 Å². The van der Waals surface area contributed by atoms with Crippen LogP contribution in [0, 0.1) is 0 Å². The van der Waals surface area contributed by atoms with E-state index in [4.69, 9.17) is 10.5 Å². The minimum absolute atomic E-state index is 0.000651. The van der Waals surface area contributed by atoms with Crippen molar-refractivity contribution in [1.82, 2.24) is 0 Å². The molecule has 0 fully saturated rings. The van der Waals surface area contributed by atoms with Crippen LogP contribution in [0.4, 0.5) is 5.69 Å². The van der Waals surface area contributed by atoms with Crippen molar-refractivity contribution in [3.05, 3.63) is 23.8 Å². The first kappa shape index (κ1) is 12.8. The Bertz CT molecular complexity index is 333. The molecule has 0 saturated heterocycles. The molecule has 0 aliphatic carbocycles. The smallest absolute Gasteiger partial charge is 0.125 e. The van der Waals surface area contributed by atoms with Crippen LogP contribution in [0.15, 0.2) is 18.2 Å². The lowest BCUT2D eigenvalue weighted by molar-refractivity contribution is 0.407. The zero-order valence-corrected chi connectivity index (χ0v) is 10.7. The Morgan fingerprint density at radius 3 is 2.38 bits per heavy atom. The largest absolute Gasteiger partial charge is 0.496 e. The maximum Gasteiger partial charge on any atom is 0.125 e. The molecule has 1 aromatic rings. The van der Waals surface area contributed by atoms with Crippen molar-refractivity contribution in [2.24, 2.45) is 5.73 Å². The maximum absolute atomic E-state index is 5.89. The highest BCUT2D eigenvalue weighted by atomic mass is 16.5. The zero-order chi connectivity index (χ0) is 12.1. The van der Waals surface area contributed by atoms with Gasteiger partial charge in [0, 0.05) is 36.4 Å². The SMILES string of the molecule is CCN(CC)c1ccc([C@@H](C)N)c(OC)c1. The summed E-state index contributed by atoms with van der Waals surface area (Å²) in [6.07, 6.45) is 0. The van der Waals surface area contributed by atoms with Gasteiger partial charge in [-0.05, 0) is 26.8 Å². The van der Waals surface area contributed by atoms with Crippen molar-refractivity contribution in [2.45, 2.75) is 26.8 Å². The summed E-state index contributed by atoms with van der Waals surface area (Å²) in [6, 6.07) is 6.22. The molecule has 0 saturated carbocycles. The number of rotatable bonds is 5. The Morgan fingerprint density at radius 1 is 1.31 bits per heavy atom. The summed E-state index contributed by atoms with van der Waals surface area (Å²) in [7, 11) is 1.69. The van der Waals surface area contributed by atoms with Crippen LogP contribution in [0.25, 0.3) is 0 Å². The van der Waals surface area contributed by atoms with E-state index in [1.54, 1.807) is 7.11 Å². The van der Waals surface area contributed by atoms with Crippen LogP contribution >= 0.6 is 0 Å². The summed E-state index contributed by atoms with van der Waals surface area (Å²) in [6.45, 7) is 8.26. The van der Waals surface area contributed by atoms with Gasteiger partial charge in [0.25, 0.3) is 0 Å². The highest BCUT2D eigenvalue weighted by Gasteiger charge is 2.10. The molecule has 2 N–H and O–H groups in total. The molecule has 1 rings (SSSR count). The van der Waals surface area contributed by atoms with E-state index in [1.807, 2.05) is 6.92 Å². The molecule has 16 heavy (non-hydrogen) atoms. The number of benzene rings is 1. The molecule has 90 valence electrons. The normalized spacial score (nSPS) is 12.3. The highest BCUT2D eigenvalue weighted by Crippen LogP contribution is 2.28. The summed E-state index contributed by atoms with van der Waals surface area (Å²) in [4.78, 5) is 2.29. The molecular weight excluding hydrogens is 200 g/mol. The second kappa shape index (κ2) is 5.75. The van der Waals surface area contributed by atoms with Gasteiger partial charge in [0.05, 0.1) is 7.11 Å². The van der Waals surface area contributed by atoms with Crippen molar-refractivity contribution >= 4 is 5.69 Å². The van der Waals surface area contributed by atoms with Crippen LogP contribution in [0.2, 0.25) is 0 Å². The molecule has 0 unspecified atom stereocenters. The Kier molecular flexibility index (Phi) is 4.62. The van der Waals surface area contributed by atoms with E-state index in [9.17, 15) is 0 Å². The number of hydrogen-bond donors (Lipinski definition) is 1. The van der Waals surface area contributed by atoms with E-state index < -0.39 is 0 Å². The molecule has 0 aromatic heterocycles. The summed E-state index contributed by atoms with van der Waals surface area (Å²) in [5.74, 6) is 0.874. The van der Waals surface area contributed by atoms with Crippen LogP contribution in [0.1, 0.15) is 32.4 Å². The van der Waals surface area contributed by atoms with Crippen LogP contribution in [-0.4, -0.2) is 20.2 Å². The van der Waals surface area contributed by atoms with E-state index in [0.29, 0.717) is 0 Å². The number of methoxy groups -OCH3 is 1. The highest BCUT2D eigenvalue weighted by molar-refractivity contribution is 5.54. The Morgan fingerprint density at radius 2 is 1.94 bits per heavy atom. The van der Waals surface area contributed by atoms with Crippen LogP contribution < -0.4 is 15.4 Å². The van der Waals surface area contributed by atoms with Gasteiger partial charge in [-0.3, -0.25) is 0 Å². The predicted octanol–water partition coefficient (Wildman–Crippen LogP) is 2.56. The maximum atomic E-state index is 5.89. The number of anilines is 1. The molecule has 0 amide bonds. The van der Waals surface area contributed by atoms with Gasteiger partial charge in [0.15, 0.2) is 0 Å². The Labute approximate surface area is 98.2 Å². The molecule has 1 aromatic carbocycles. The number of nitrogens with two attached hydrogens (primary N) is 1. The number of nitrogens with zero attached hydrogens (tertiary/aromatic N) is 1. The average molecular weight is 222 g/mol. The lowest BCUT2D eigenvalue weighted by Gasteiger charge is -2.23. The van der Waals surface area contributed by atoms with E-state index in [0.717, 1.165) is 24.4 Å². The van der Waals surface area contributed by atoms with E-state index in [-0.39, 0.29) is 6.04 Å². The molecule has 0 bridgehead atoms. The van der Waals surface area contributed by atoms with Gasteiger partial charge in [0.1, 0.15) is 5.75 Å². The van der Waals surface area contributed by atoms with E-state index in [2.05, 4.69) is 36.9 Å². The van der Waals surface area contributed by atoms with Crippen LogP contribution in [0.5, 0.6) is 5.75 Å². The standard InChI is InChI=1S/C13H22N2O/c1-5-15(6-2)11-7-8-12(10(3)14)13(9-11)16-4/h7-10H,5-6,14H2,1-4H3/t10-/m1/s1. The van der Waals surface area contributed by atoms with Crippen molar-refractivity contribution in [1.29, 1.82) is 0 Å². The van der Waals surface area contributed by atoms with Crippen molar-refractivity contribution in [3.63, 3.8) is 0 Å². The lowest BCUT2D eigenvalue weighted by atomic mass is 10.1. The van der Waals surface area contributed by atoms with Crippen LogP contribution in [0.3, 0.4) is 0 Å². The fourth-order valence-corrected chi connectivity index (χ4v) is 1.86. The summed E-state index contributed by atoms with van der Waals surface area (Å²) >= 11 is 0. The third-order valence-electron chi connectivity index (χ3n) is 2.84. The molecule has 0 aliphatic rings. The number of ether oxygens (including phenoxy) is 1. The van der Waals surface area contributed by atoms with E-state index >= 15 is 0 Å². The second-order valence-electron chi connectivity index (χ2n) is 3.89. The lowest BCUT2D eigenvalue weighted by Crippen LogP contribution is -2.22. The monoisotopic (exact) mass is 222 g/mol. The Hall–Kier alpha value is -1.22. The molecule has 0 spiro atoms. The van der Waals surface area contributed by atoms with Crippen LogP contribution in [-0.2, 0) is 0 Å². The summed E-state index contributed by atoms with van der Waals surface area (Å²) < 4.78 is 5.38. The quantitative estimate of drug-likeness (QED) is 0.832. The third kappa shape index (κ3) is 2.67. The first-order valence-electron chi connectivity index (χ1n) is 5.82. The average Bonchev–Trinajstić information content (AvgIpc) is 2.30. The van der Waals surface area contributed by atoms with Gasteiger partial charge >= 0.3 is 0 Å². The molecule has 0 radical (unpaired) electrons. The molecule has 0 heterocycles. The number of hydrogen-bond acceptors (Lipinski definition) is 3. The van der Waals surface area contributed by atoms with Crippen molar-refractivity contribution in [3.8, 4) is 5.75 Å².